The van der Waals surface area contributed by atoms with Crippen molar-refractivity contribution >= 4 is 29.0 Å². The summed E-state index contributed by atoms with van der Waals surface area (Å²) in [5.74, 6) is 0.904. The highest BCUT2D eigenvalue weighted by Crippen LogP contribution is 2.29. The van der Waals surface area contributed by atoms with Crippen LogP contribution in [0.1, 0.15) is 47.4 Å². The van der Waals surface area contributed by atoms with Crippen LogP contribution in [0, 0.1) is 5.92 Å². The quantitative estimate of drug-likeness (QED) is 0.203. The lowest BCUT2D eigenvalue weighted by atomic mass is 10.1. The van der Waals surface area contributed by atoms with E-state index in [9.17, 15) is 9.59 Å². The van der Waals surface area contributed by atoms with E-state index in [0.717, 1.165) is 53.2 Å². The minimum absolute atomic E-state index is 0.0373. The summed E-state index contributed by atoms with van der Waals surface area (Å²) in [4.78, 5) is 34.8. The maximum atomic E-state index is 12.8. The summed E-state index contributed by atoms with van der Waals surface area (Å²) in [5.41, 5.74) is 6.14. The van der Waals surface area contributed by atoms with Gasteiger partial charge in [0.05, 0.1) is 17.6 Å². The summed E-state index contributed by atoms with van der Waals surface area (Å²) >= 11 is 0. The van der Waals surface area contributed by atoms with Crippen LogP contribution in [-0.2, 0) is 0 Å². The van der Waals surface area contributed by atoms with E-state index in [0.29, 0.717) is 28.9 Å². The molecule has 2 heterocycles. The van der Waals surface area contributed by atoms with Crippen molar-refractivity contribution in [2.45, 2.75) is 32.7 Å². The van der Waals surface area contributed by atoms with Crippen LogP contribution in [-0.4, -0.2) is 38.8 Å². The molecule has 1 fully saturated rings. The number of aromatic nitrogens is 3. The third-order valence-electron chi connectivity index (χ3n) is 7.00. The molecule has 3 N–H and O–H groups in total. The summed E-state index contributed by atoms with van der Waals surface area (Å²) < 4.78 is 2.03. The van der Waals surface area contributed by atoms with Crippen molar-refractivity contribution in [3.63, 3.8) is 0 Å². The topological polar surface area (TPSA) is 100 Å². The normalized spacial score (nSPS) is 12.9. The molecule has 0 radical (unpaired) electrons. The van der Waals surface area contributed by atoms with Crippen molar-refractivity contribution < 1.29 is 9.59 Å². The number of anilines is 2. The summed E-state index contributed by atoms with van der Waals surface area (Å²) in [6.07, 6.45) is 5.90. The number of hydrogen-bond donors (Lipinski definition) is 3. The molecule has 8 nitrogen and oxygen atoms in total. The van der Waals surface area contributed by atoms with Gasteiger partial charge in [0.25, 0.3) is 11.8 Å². The number of fused-ring (bicyclic) bond motifs is 1. The molecular weight excluding hydrogens is 512 g/mol. The summed E-state index contributed by atoms with van der Waals surface area (Å²) in [7, 11) is 0. The number of hydrogen-bond acceptors (Lipinski definition) is 5. The van der Waals surface area contributed by atoms with Crippen LogP contribution in [0.5, 0.6) is 0 Å². The first-order chi connectivity index (χ1) is 19.9. The lowest BCUT2D eigenvalue weighted by Gasteiger charge is -2.13. The van der Waals surface area contributed by atoms with Crippen molar-refractivity contribution in [1.82, 2.24) is 19.7 Å². The predicted octanol–water partition coefficient (Wildman–Crippen LogP) is 6.28. The van der Waals surface area contributed by atoms with Gasteiger partial charge in [-0.1, -0.05) is 56.3 Å². The minimum atomic E-state index is -0.170. The van der Waals surface area contributed by atoms with Gasteiger partial charge in [0.1, 0.15) is 0 Å². The van der Waals surface area contributed by atoms with Gasteiger partial charge in [-0.15, -0.1) is 0 Å². The largest absolute Gasteiger partial charge is 0.367 e. The van der Waals surface area contributed by atoms with Crippen molar-refractivity contribution in [1.29, 1.82) is 0 Å². The molecule has 3 aromatic carbocycles. The molecule has 2 aromatic heterocycles. The number of amides is 2. The fraction of sp³-hybridized carbons (Fsp3) is 0.212. The Morgan fingerprint density at radius 2 is 1.54 bits per heavy atom. The van der Waals surface area contributed by atoms with Crippen LogP contribution in [0.4, 0.5) is 11.5 Å². The molecule has 0 atom stereocenters. The van der Waals surface area contributed by atoms with Gasteiger partial charge in [0.15, 0.2) is 11.5 Å². The molecule has 206 valence electrons. The second-order valence-corrected chi connectivity index (χ2v) is 10.8. The molecular formula is C33H32N6O2. The van der Waals surface area contributed by atoms with Crippen LogP contribution < -0.4 is 16.0 Å². The molecule has 8 heteroatoms. The van der Waals surface area contributed by atoms with Gasteiger partial charge < -0.3 is 16.0 Å². The fourth-order valence-electron chi connectivity index (χ4n) is 4.57. The summed E-state index contributed by atoms with van der Waals surface area (Å²) in [6.45, 7) is 5.04. The van der Waals surface area contributed by atoms with Gasteiger partial charge in [0.2, 0.25) is 0 Å². The Labute approximate surface area is 238 Å². The lowest BCUT2D eigenvalue weighted by molar-refractivity contribution is 0.0950. The van der Waals surface area contributed by atoms with Crippen molar-refractivity contribution in [3.8, 4) is 22.5 Å². The molecule has 0 unspecified atom stereocenters. The maximum absolute atomic E-state index is 12.8. The van der Waals surface area contributed by atoms with E-state index in [-0.39, 0.29) is 11.8 Å². The molecule has 0 aliphatic heterocycles. The number of rotatable bonds is 9. The van der Waals surface area contributed by atoms with Gasteiger partial charge in [-0.25, -0.2) is 9.97 Å². The Morgan fingerprint density at radius 1 is 0.878 bits per heavy atom. The third-order valence-corrected chi connectivity index (χ3v) is 7.00. The first-order valence-electron chi connectivity index (χ1n) is 13.9. The first-order valence-corrected chi connectivity index (χ1v) is 13.9. The van der Waals surface area contributed by atoms with Gasteiger partial charge >= 0.3 is 0 Å². The maximum Gasteiger partial charge on any atom is 0.255 e. The Kier molecular flexibility index (Phi) is 7.20. The van der Waals surface area contributed by atoms with E-state index < -0.39 is 0 Å². The monoisotopic (exact) mass is 544 g/mol. The van der Waals surface area contributed by atoms with E-state index in [4.69, 9.17) is 9.97 Å². The van der Waals surface area contributed by atoms with E-state index >= 15 is 0 Å². The van der Waals surface area contributed by atoms with Crippen molar-refractivity contribution in [2.24, 2.45) is 5.92 Å². The molecule has 41 heavy (non-hydrogen) atoms. The molecule has 1 aliphatic carbocycles. The second kappa shape index (κ2) is 11.3. The number of para-hydroxylation sites is 1. The molecule has 0 spiro atoms. The number of nitrogens with one attached hydrogen (secondary N) is 3. The average molecular weight is 545 g/mol. The van der Waals surface area contributed by atoms with Crippen LogP contribution in [0.2, 0.25) is 0 Å². The predicted molar refractivity (Wildman–Crippen MR) is 162 cm³/mol. The Hall–Kier alpha value is -4.98. The van der Waals surface area contributed by atoms with E-state index in [2.05, 4.69) is 29.8 Å². The van der Waals surface area contributed by atoms with E-state index in [1.807, 2.05) is 83.5 Å². The molecule has 0 saturated heterocycles. The molecule has 0 bridgehead atoms. The number of benzene rings is 3. The molecule has 1 aliphatic rings. The first kappa shape index (κ1) is 26.3. The van der Waals surface area contributed by atoms with Crippen LogP contribution in [0.3, 0.4) is 0 Å². The van der Waals surface area contributed by atoms with Crippen molar-refractivity contribution in [3.05, 3.63) is 102 Å². The number of carbonyl (C=O) groups is 2. The van der Waals surface area contributed by atoms with Gasteiger partial charge in [-0.2, -0.15) is 0 Å². The third kappa shape index (κ3) is 5.96. The number of carbonyl (C=O) groups excluding carboxylic acids is 2. The molecule has 2 amide bonds. The highest BCUT2D eigenvalue weighted by atomic mass is 16.2. The molecule has 5 aromatic rings. The lowest BCUT2D eigenvalue weighted by Crippen LogP contribution is -2.25. The van der Waals surface area contributed by atoms with E-state index in [1.54, 1.807) is 12.1 Å². The zero-order chi connectivity index (χ0) is 28.3. The van der Waals surface area contributed by atoms with E-state index in [1.165, 1.54) is 0 Å². The Balaban J connectivity index is 1.31. The summed E-state index contributed by atoms with van der Waals surface area (Å²) in [5, 5.41) is 9.41. The van der Waals surface area contributed by atoms with Crippen LogP contribution >= 0.6 is 0 Å². The summed E-state index contributed by atoms with van der Waals surface area (Å²) in [6, 6.07) is 24.7. The zero-order valence-corrected chi connectivity index (χ0v) is 23.1. The SMILES string of the molecule is CC(C)CNc1nc(-c2ccc(C(=O)Nc3ccccc3)cc2)cn2c(-c3ccc(C(=O)NC4CC4)cc3)cnc12. The van der Waals surface area contributed by atoms with Gasteiger partial charge in [-0.3, -0.25) is 14.0 Å². The van der Waals surface area contributed by atoms with Gasteiger partial charge in [-0.05, 0) is 55.2 Å². The minimum Gasteiger partial charge on any atom is -0.367 e. The smallest absolute Gasteiger partial charge is 0.255 e. The van der Waals surface area contributed by atoms with Crippen molar-refractivity contribution in [2.75, 3.05) is 17.2 Å². The highest BCUT2D eigenvalue weighted by molar-refractivity contribution is 6.04. The zero-order valence-electron chi connectivity index (χ0n) is 23.1. The highest BCUT2D eigenvalue weighted by Gasteiger charge is 2.24. The standard InChI is InChI=1S/C33H32N6O2/c1-21(2)18-34-30-31-35-19-29(23-10-14-25(15-11-23)33(41)37-27-16-17-27)39(31)20-28(38-30)22-8-12-24(13-9-22)32(40)36-26-6-4-3-5-7-26/h3-15,19-21,27H,16-18H2,1-2H3,(H,34,38)(H,36,40)(H,37,41). The Bertz CT molecular complexity index is 1690. The fourth-order valence-corrected chi connectivity index (χ4v) is 4.57. The Morgan fingerprint density at radius 3 is 2.20 bits per heavy atom. The number of imidazole rings is 1. The molecule has 1 saturated carbocycles. The van der Waals surface area contributed by atoms with Gasteiger partial charge in [0, 0.05) is 46.7 Å². The van der Waals surface area contributed by atoms with Crippen LogP contribution in [0.15, 0.2) is 91.3 Å². The van der Waals surface area contributed by atoms with Crippen LogP contribution in [0.25, 0.3) is 28.2 Å². The number of nitrogens with zero attached hydrogens (tertiary/aromatic N) is 3. The average Bonchev–Trinajstić information content (AvgIpc) is 3.71. The second-order valence-electron chi connectivity index (χ2n) is 10.8. The molecule has 6 rings (SSSR count).